The van der Waals surface area contributed by atoms with Crippen molar-refractivity contribution in [3.63, 3.8) is 0 Å². The van der Waals surface area contributed by atoms with Gasteiger partial charge in [-0.3, -0.25) is 9.59 Å². The van der Waals surface area contributed by atoms with Gasteiger partial charge in [-0.05, 0) is 60.9 Å². The molecule has 33 heavy (non-hydrogen) atoms. The van der Waals surface area contributed by atoms with E-state index in [4.69, 9.17) is 11.6 Å². The standard InChI is InChI=1S/C29H24ClNO2/c1-17-8-7-9-18(2)26(17)31-24-14-12-19(30)16-23(24)29(3,4)25(31)15-13-22-27(32)20-10-5-6-11-21(20)28(22)33/h5-16H,1-4H3/b25-15+. The highest BCUT2D eigenvalue weighted by Crippen LogP contribution is 2.53. The van der Waals surface area contributed by atoms with Crippen LogP contribution in [0.3, 0.4) is 0 Å². The van der Waals surface area contributed by atoms with E-state index in [2.05, 4.69) is 50.8 Å². The molecule has 0 radical (unpaired) electrons. The number of allylic oxidation sites excluding steroid dienone is 4. The molecule has 0 spiro atoms. The van der Waals surface area contributed by atoms with Gasteiger partial charge in [-0.2, -0.15) is 0 Å². The van der Waals surface area contributed by atoms with Crippen molar-refractivity contribution in [2.75, 3.05) is 4.90 Å². The second-order valence-electron chi connectivity index (χ2n) is 9.20. The van der Waals surface area contributed by atoms with Gasteiger partial charge in [-0.25, -0.2) is 0 Å². The lowest BCUT2D eigenvalue weighted by molar-refractivity contribution is 0.0988. The molecular formula is C29H24ClNO2. The van der Waals surface area contributed by atoms with Gasteiger partial charge in [0.15, 0.2) is 11.6 Å². The first-order valence-corrected chi connectivity index (χ1v) is 11.4. The van der Waals surface area contributed by atoms with Crippen LogP contribution >= 0.6 is 11.6 Å². The number of hydrogen-bond acceptors (Lipinski definition) is 3. The predicted octanol–water partition coefficient (Wildman–Crippen LogP) is 7.28. The monoisotopic (exact) mass is 453 g/mol. The molecule has 3 nitrogen and oxygen atoms in total. The highest BCUT2D eigenvalue weighted by molar-refractivity contribution is 6.39. The Balaban J connectivity index is 1.72. The van der Waals surface area contributed by atoms with Crippen LogP contribution in [0, 0.1) is 13.8 Å². The van der Waals surface area contributed by atoms with Gasteiger partial charge < -0.3 is 4.90 Å². The van der Waals surface area contributed by atoms with Crippen LogP contribution in [0.4, 0.5) is 11.4 Å². The van der Waals surface area contributed by atoms with Gasteiger partial charge in [0, 0.05) is 27.3 Å². The van der Waals surface area contributed by atoms with Gasteiger partial charge in [0.1, 0.15) is 0 Å². The summed E-state index contributed by atoms with van der Waals surface area (Å²) in [7, 11) is 0. The van der Waals surface area contributed by atoms with Gasteiger partial charge in [0.05, 0.1) is 16.9 Å². The van der Waals surface area contributed by atoms with Gasteiger partial charge in [0.2, 0.25) is 0 Å². The fourth-order valence-corrected chi connectivity index (χ4v) is 5.19. The molecule has 0 saturated carbocycles. The molecule has 0 saturated heterocycles. The smallest absolute Gasteiger partial charge is 0.197 e. The van der Waals surface area contributed by atoms with Crippen molar-refractivity contribution in [1.82, 2.24) is 0 Å². The zero-order chi connectivity index (χ0) is 23.5. The molecule has 164 valence electrons. The number of ketones is 2. The molecule has 1 aliphatic carbocycles. The largest absolute Gasteiger partial charge is 0.312 e. The SMILES string of the molecule is Cc1cccc(C)c1N1/C(=C/C=C2C(=O)c3ccccc3C2=O)C(C)(C)c2cc(Cl)ccc21. The first-order valence-electron chi connectivity index (χ1n) is 11.0. The highest BCUT2D eigenvalue weighted by atomic mass is 35.5. The molecule has 0 atom stereocenters. The molecule has 0 amide bonds. The van der Waals surface area contributed by atoms with E-state index in [9.17, 15) is 9.59 Å². The zero-order valence-electron chi connectivity index (χ0n) is 19.1. The Labute approximate surface area is 199 Å². The molecule has 1 heterocycles. The predicted molar refractivity (Wildman–Crippen MR) is 134 cm³/mol. The van der Waals surface area contributed by atoms with Crippen molar-refractivity contribution in [3.8, 4) is 0 Å². The summed E-state index contributed by atoms with van der Waals surface area (Å²) >= 11 is 6.39. The summed E-state index contributed by atoms with van der Waals surface area (Å²) in [5.41, 5.74) is 7.30. The highest BCUT2D eigenvalue weighted by Gasteiger charge is 2.42. The molecule has 0 bridgehead atoms. The Hall–Kier alpha value is -3.43. The number of nitrogens with zero attached hydrogens (tertiary/aromatic N) is 1. The third-order valence-corrected chi connectivity index (χ3v) is 6.97. The lowest BCUT2D eigenvalue weighted by Gasteiger charge is -2.29. The Morgan fingerprint density at radius 1 is 0.818 bits per heavy atom. The fourth-order valence-electron chi connectivity index (χ4n) is 5.02. The summed E-state index contributed by atoms with van der Waals surface area (Å²) in [6.07, 6.45) is 3.62. The van der Waals surface area contributed by atoms with Crippen LogP contribution < -0.4 is 4.90 Å². The quantitative estimate of drug-likeness (QED) is 0.302. The van der Waals surface area contributed by atoms with Crippen LogP contribution in [0.15, 0.2) is 84.1 Å². The van der Waals surface area contributed by atoms with E-state index in [1.54, 1.807) is 30.3 Å². The number of carbonyl (C=O) groups is 2. The summed E-state index contributed by atoms with van der Waals surface area (Å²) in [6, 6.07) is 19.2. The number of anilines is 2. The van der Waals surface area contributed by atoms with Crippen molar-refractivity contribution in [1.29, 1.82) is 0 Å². The minimum Gasteiger partial charge on any atom is -0.312 e. The van der Waals surface area contributed by atoms with E-state index in [1.807, 2.05) is 24.3 Å². The van der Waals surface area contributed by atoms with Gasteiger partial charge >= 0.3 is 0 Å². The summed E-state index contributed by atoms with van der Waals surface area (Å²) in [4.78, 5) is 28.1. The molecular weight excluding hydrogens is 430 g/mol. The van der Waals surface area contributed by atoms with E-state index in [0.29, 0.717) is 16.1 Å². The number of Topliss-reactive ketones (excluding diaryl/α,β-unsaturated/α-hetero) is 2. The van der Waals surface area contributed by atoms with Crippen LogP contribution in [0.25, 0.3) is 0 Å². The summed E-state index contributed by atoms with van der Waals surface area (Å²) in [5, 5.41) is 0.680. The Kier molecular flexibility index (Phi) is 4.91. The van der Waals surface area contributed by atoms with Crippen molar-refractivity contribution in [2.45, 2.75) is 33.1 Å². The summed E-state index contributed by atoms with van der Waals surface area (Å²) in [5.74, 6) is -0.440. The number of aryl methyl sites for hydroxylation is 2. The molecule has 4 heteroatoms. The van der Waals surface area contributed by atoms with Gasteiger partial charge in [0.25, 0.3) is 0 Å². The lowest BCUT2D eigenvalue weighted by atomic mass is 9.83. The minimum absolute atomic E-state index is 0.204. The topological polar surface area (TPSA) is 37.4 Å². The second-order valence-corrected chi connectivity index (χ2v) is 9.63. The molecule has 3 aromatic carbocycles. The van der Waals surface area contributed by atoms with Crippen LogP contribution in [0.1, 0.15) is 51.3 Å². The van der Waals surface area contributed by atoms with E-state index >= 15 is 0 Å². The average Bonchev–Trinajstić information content (AvgIpc) is 3.14. The maximum atomic E-state index is 12.9. The van der Waals surface area contributed by atoms with Crippen molar-refractivity contribution in [3.05, 3.63) is 117 Å². The molecule has 2 aliphatic rings. The molecule has 0 aromatic heterocycles. The first-order chi connectivity index (χ1) is 15.7. The Bertz CT molecular complexity index is 1350. The Morgan fingerprint density at radius 3 is 2.03 bits per heavy atom. The summed E-state index contributed by atoms with van der Waals surface area (Å²) in [6.45, 7) is 8.49. The van der Waals surface area contributed by atoms with Gasteiger partial charge in [-0.15, -0.1) is 0 Å². The third-order valence-electron chi connectivity index (χ3n) is 6.73. The fraction of sp³-hybridized carbons (Fsp3) is 0.172. The van der Waals surface area contributed by atoms with Gasteiger partial charge in [-0.1, -0.05) is 67.9 Å². The normalized spacial score (nSPS) is 17.5. The maximum Gasteiger partial charge on any atom is 0.197 e. The van der Waals surface area contributed by atoms with Crippen molar-refractivity contribution < 1.29 is 9.59 Å². The van der Waals surface area contributed by atoms with Crippen LogP contribution in [0.5, 0.6) is 0 Å². The number of hydrogen-bond donors (Lipinski definition) is 0. The molecule has 1 aliphatic heterocycles. The van der Waals surface area contributed by atoms with Crippen molar-refractivity contribution >= 4 is 34.5 Å². The number of fused-ring (bicyclic) bond motifs is 2. The average molecular weight is 454 g/mol. The number of carbonyl (C=O) groups excluding carboxylic acids is 2. The lowest BCUT2D eigenvalue weighted by Crippen LogP contribution is -2.23. The number of rotatable bonds is 2. The van der Waals surface area contributed by atoms with E-state index in [-0.39, 0.29) is 22.6 Å². The van der Waals surface area contributed by atoms with E-state index in [0.717, 1.165) is 33.8 Å². The van der Waals surface area contributed by atoms with Crippen LogP contribution in [0.2, 0.25) is 5.02 Å². The molecule has 3 aromatic rings. The second kappa shape index (κ2) is 7.57. The third kappa shape index (κ3) is 3.19. The molecule has 0 fully saturated rings. The van der Waals surface area contributed by atoms with E-state index in [1.165, 1.54) is 0 Å². The van der Waals surface area contributed by atoms with E-state index < -0.39 is 0 Å². The maximum absolute atomic E-state index is 12.9. The minimum atomic E-state index is -0.385. The van der Waals surface area contributed by atoms with Crippen LogP contribution in [-0.2, 0) is 5.41 Å². The number of benzene rings is 3. The zero-order valence-corrected chi connectivity index (χ0v) is 19.8. The molecule has 0 unspecified atom stereocenters. The number of halogens is 1. The summed E-state index contributed by atoms with van der Waals surface area (Å²) < 4.78 is 0. The first kappa shape index (κ1) is 21.4. The Morgan fingerprint density at radius 2 is 1.42 bits per heavy atom. The van der Waals surface area contributed by atoms with Crippen molar-refractivity contribution in [2.24, 2.45) is 0 Å². The van der Waals surface area contributed by atoms with Crippen LogP contribution in [-0.4, -0.2) is 11.6 Å². The number of para-hydroxylation sites is 1. The molecule has 0 N–H and O–H groups in total. The molecule has 5 rings (SSSR count).